The molecule has 2 atom stereocenters. The summed E-state index contributed by atoms with van der Waals surface area (Å²) in [6, 6.07) is 7.45. The zero-order valence-electron chi connectivity index (χ0n) is 10.0. The van der Waals surface area contributed by atoms with Gasteiger partial charge in [0.05, 0.1) is 12.0 Å². The second-order valence-corrected chi connectivity index (χ2v) is 5.07. The fraction of sp³-hybridized carbons (Fsp3) is 0.385. The SMILES string of the molecule is CC(c1ccc(S)cc1)N1CC(C(=O)O)CC1=O. The van der Waals surface area contributed by atoms with Crippen molar-refractivity contribution in [3.63, 3.8) is 0 Å². The van der Waals surface area contributed by atoms with Crippen molar-refractivity contribution in [3.8, 4) is 0 Å². The van der Waals surface area contributed by atoms with E-state index in [1.54, 1.807) is 4.90 Å². The molecule has 2 unspecified atom stereocenters. The molecule has 5 heteroatoms. The third-order valence-electron chi connectivity index (χ3n) is 3.35. The van der Waals surface area contributed by atoms with Crippen LogP contribution in [0.1, 0.15) is 24.9 Å². The number of likely N-dealkylation sites (tertiary alicyclic amines) is 1. The van der Waals surface area contributed by atoms with Gasteiger partial charge in [0.25, 0.3) is 0 Å². The van der Waals surface area contributed by atoms with E-state index in [-0.39, 0.29) is 24.9 Å². The maximum atomic E-state index is 11.8. The van der Waals surface area contributed by atoms with Crippen LogP contribution in [0.15, 0.2) is 29.2 Å². The van der Waals surface area contributed by atoms with Crippen molar-refractivity contribution in [2.24, 2.45) is 5.92 Å². The summed E-state index contributed by atoms with van der Waals surface area (Å²) < 4.78 is 0. The smallest absolute Gasteiger partial charge is 0.308 e. The van der Waals surface area contributed by atoms with Crippen LogP contribution in [-0.4, -0.2) is 28.4 Å². The Balaban J connectivity index is 2.14. The number of rotatable bonds is 3. The van der Waals surface area contributed by atoms with Crippen LogP contribution in [-0.2, 0) is 9.59 Å². The highest BCUT2D eigenvalue weighted by atomic mass is 32.1. The number of nitrogens with zero attached hydrogens (tertiary/aromatic N) is 1. The Labute approximate surface area is 111 Å². The first-order chi connectivity index (χ1) is 8.49. The molecule has 96 valence electrons. The topological polar surface area (TPSA) is 57.6 Å². The molecule has 1 aromatic carbocycles. The number of aliphatic carboxylic acids is 1. The predicted molar refractivity (Wildman–Crippen MR) is 69.6 cm³/mol. The Bertz CT molecular complexity index is 472. The number of benzene rings is 1. The van der Waals surface area contributed by atoms with E-state index in [1.165, 1.54) is 0 Å². The van der Waals surface area contributed by atoms with E-state index in [0.29, 0.717) is 0 Å². The monoisotopic (exact) mass is 265 g/mol. The molecule has 18 heavy (non-hydrogen) atoms. The molecule has 0 saturated carbocycles. The molecule has 1 amide bonds. The van der Waals surface area contributed by atoms with Crippen molar-refractivity contribution in [3.05, 3.63) is 29.8 Å². The van der Waals surface area contributed by atoms with Gasteiger partial charge in [-0.25, -0.2) is 0 Å². The minimum atomic E-state index is -0.899. The van der Waals surface area contributed by atoms with Crippen molar-refractivity contribution < 1.29 is 14.7 Å². The summed E-state index contributed by atoms with van der Waals surface area (Å²) in [6.07, 6.45) is 0.102. The first-order valence-corrected chi connectivity index (χ1v) is 6.25. The molecule has 2 rings (SSSR count). The highest BCUT2D eigenvalue weighted by molar-refractivity contribution is 7.80. The minimum Gasteiger partial charge on any atom is -0.481 e. The summed E-state index contributed by atoms with van der Waals surface area (Å²) in [5.74, 6) is -1.57. The van der Waals surface area contributed by atoms with Crippen LogP contribution in [0.4, 0.5) is 0 Å². The Morgan fingerprint density at radius 3 is 2.56 bits per heavy atom. The first kappa shape index (κ1) is 13.0. The minimum absolute atomic E-state index is 0.0927. The average molecular weight is 265 g/mol. The van der Waals surface area contributed by atoms with Gasteiger partial charge in [0, 0.05) is 17.9 Å². The second-order valence-electron chi connectivity index (χ2n) is 4.55. The van der Waals surface area contributed by atoms with Gasteiger partial charge in [-0.05, 0) is 24.6 Å². The molecule has 1 aliphatic heterocycles. The second kappa shape index (κ2) is 5.02. The zero-order valence-corrected chi connectivity index (χ0v) is 10.9. The quantitative estimate of drug-likeness (QED) is 0.821. The summed E-state index contributed by atoms with van der Waals surface area (Å²) in [7, 11) is 0. The van der Waals surface area contributed by atoms with Gasteiger partial charge in [-0.15, -0.1) is 12.6 Å². The van der Waals surface area contributed by atoms with Gasteiger partial charge in [0.15, 0.2) is 0 Å². The number of thiol groups is 1. The number of carbonyl (C=O) groups is 2. The summed E-state index contributed by atoms with van der Waals surface area (Å²) in [4.78, 5) is 25.2. The third-order valence-corrected chi connectivity index (χ3v) is 3.65. The van der Waals surface area contributed by atoms with Crippen LogP contribution in [0.5, 0.6) is 0 Å². The summed E-state index contributed by atoms with van der Waals surface area (Å²) in [6.45, 7) is 2.20. The van der Waals surface area contributed by atoms with Gasteiger partial charge in [0.2, 0.25) is 5.91 Å². The van der Waals surface area contributed by atoms with E-state index in [0.717, 1.165) is 10.5 Å². The molecule has 1 N–H and O–H groups in total. The Hall–Kier alpha value is -1.49. The van der Waals surface area contributed by atoms with E-state index in [1.807, 2.05) is 31.2 Å². The highest BCUT2D eigenvalue weighted by Crippen LogP contribution is 2.28. The lowest BCUT2D eigenvalue weighted by Crippen LogP contribution is -2.29. The maximum absolute atomic E-state index is 11.8. The number of amides is 1. The lowest BCUT2D eigenvalue weighted by molar-refractivity contribution is -0.141. The standard InChI is InChI=1S/C13H15NO3S/c1-8(9-2-4-11(18)5-3-9)14-7-10(13(16)17)6-12(14)15/h2-5,8,10,18H,6-7H2,1H3,(H,16,17). The van der Waals surface area contributed by atoms with Crippen LogP contribution in [0, 0.1) is 5.92 Å². The van der Waals surface area contributed by atoms with E-state index >= 15 is 0 Å². The van der Waals surface area contributed by atoms with E-state index in [9.17, 15) is 9.59 Å². The number of carboxylic acid groups (broad SMARTS) is 1. The van der Waals surface area contributed by atoms with Gasteiger partial charge >= 0.3 is 5.97 Å². The molecule has 1 saturated heterocycles. The molecule has 0 spiro atoms. The zero-order chi connectivity index (χ0) is 13.3. The predicted octanol–water partition coefficient (Wildman–Crippen LogP) is 1.97. The molecule has 0 aromatic heterocycles. The van der Waals surface area contributed by atoms with Gasteiger partial charge in [-0.3, -0.25) is 9.59 Å². The largest absolute Gasteiger partial charge is 0.481 e. The van der Waals surface area contributed by atoms with E-state index < -0.39 is 11.9 Å². The summed E-state index contributed by atoms with van der Waals surface area (Å²) in [5.41, 5.74) is 0.993. The highest BCUT2D eigenvalue weighted by Gasteiger charge is 2.36. The average Bonchev–Trinajstić information content (AvgIpc) is 2.71. The van der Waals surface area contributed by atoms with Crippen LogP contribution in [0.25, 0.3) is 0 Å². The number of carboxylic acids is 1. The molecule has 0 bridgehead atoms. The Morgan fingerprint density at radius 2 is 2.06 bits per heavy atom. The molecule has 1 heterocycles. The van der Waals surface area contributed by atoms with Crippen molar-refractivity contribution in [2.75, 3.05) is 6.54 Å². The molecule has 1 aromatic rings. The summed E-state index contributed by atoms with van der Waals surface area (Å²) in [5, 5.41) is 8.95. The lowest BCUT2D eigenvalue weighted by Gasteiger charge is -2.25. The van der Waals surface area contributed by atoms with Gasteiger partial charge in [-0.1, -0.05) is 12.1 Å². The van der Waals surface area contributed by atoms with Crippen molar-refractivity contribution in [2.45, 2.75) is 24.3 Å². The van der Waals surface area contributed by atoms with Crippen LogP contribution in [0.2, 0.25) is 0 Å². The van der Waals surface area contributed by atoms with Crippen molar-refractivity contribution >= 4 is 24.5 Å². The number of hydrogen-bond donors (Lipinski definition) is 2. The van der Waals surface area contributed by atoms with Gasteiger partial charge < -0.3 is 10.0 Å². The summed E-state index contributed by atoms with van der Waals surface area (Å²) >= 11 is 4.21. The van der Waals surface area contributed by atoms with Gasteiger partial charge in [-0.2, -0.15) is 0 Å². The Kier molecular flexibility index (Phi) is 3.61. The number of carbonyl (C=O) groups excluding carboxylic acids is 1. The molecular formula is C13H15NO3S. The lowest BCUT2D eigenvalue weighted by atomic mass is 10.1. The molecule has 1 fully saturated rings. The molecule has 0 radical (unpaired) electrons. The molecule has 4 nitrogen and oxygen atoms in total. The van der Waals surface area contributed by atoms with Gasteiger partial charge in [0.1, 0.15) is 0 Å². The van der Waals surface area contributed by atoms with Crippen LogP contribution < -0.4 is 0 Å². The fourth-order valence-electron chi connectivity index (χ4n) is 2.20. The molecule has 1 aliphatic rings. The third kappa shape index (κ3) is 2.51. The maximum Gasteiger partial charge on any atom is 0.308 e. The first-order valence-electron chi connectivity index (χ1n) is 5.80. The Morgan fingerprint density at radius 1 is 1.44 bits per heavy atom. The van der Waals surface area contributed by atoms with Crippen molar-refractivity contribution in [1.82, 2.24) is 4.90 Å². The van der Waals surface area contributed by atoms with E-state index in [2.05, 4.69) is 12.6 Å². The van der Waals surface area contributed by atoms with Crippen LogP contribution >= 0.6 is 12.6 Å². The van der Waals surface area contributed by atoms with Crippen LogP contribution in [0.3, 0.4) is 0 Å². The molecular weight excluding hydrogens is 250 g/mol. The fourth-order valence-corrected chi connectivity index (χ4v) is 2.35. The van der Waals surface area contributed by atoms with Crippen molar-refractivity contribution in [1.29, 1.82) is 0 Å². The molecule has 0 aliphatic carbocycles. The van der Waals surface area contributed by atoms with E-state index in [4.69, 9.17) is 5.11 Å². The normalized spacial score (nSPS) is 21.1. The number of hydrogen-bond acceptors (Lipinski definition) is 3.